The highest BCUT2D eigenvalue weighted by Crippen LogP contribution is 2.30. The third-order valence-corrected chi connectivity index (χ3v) is 4.07. The van der Waals surface area contributed by atoms with Crippen LogP contribution in [0.4, 0.5) is 0 Å². The molecule has 1 aliphatic rings. The van der Waals surface area contributed by atoms with Crippen LogP contribution in [0, 0.1) is 0 Å². The summed E-state index contributed by atoms with van der Waals surface area (Å²) in [5.74, 6) is 0.675. The first-order valence-electron chi connectivity index (χ1n) is 7.90. The van der Waals surface area contributed by atoms with Crippen molar-refractivity contribution in [1.82, 2.24) is 0 Å². The van der Waals surface area contributed by atoms with Gasteiger partial charge in [-0.3, -0.25) is 0 Å². The number of cyclic esters (lactones) is 1. The van der Waals surface area contributed by atoms with Gasteiger partial charge in [0.05, 0.1) is 7.11 Å². The van der Waals surface area contributed by atoms with Gasteiger partial charge in [0.1, 0.15) is 5.75 Å². The van der Waals surface area contributed by atoms with Gasteiger partial charge in [0.15, 0.2) is 5.70 Å². The number of carbonyl (C=O) groups is 1. The fourth-order valence-electron chi connectivity index (χ4n) is 2.86. The fraction of sp³-hybridized carbons (Fsp3) is 0.0476. The van der Waals surface area contributed by atoms with E-state index in [0.29, 0.717) is 5.90 Å². The minimum atomic E-state index is -0.446. The van der Waals surface area contributed by atoms with Crippen molar-refractivity contribution in [2.24, 2.45) is 4.99 Å². The Morgan fingerprint density at radius 2 is 1.64 bits per heavy atom. The summed E-state index contributed by atoms with van der Waals surface area (Å²) < 4.78 is 10.7. The summed E-state index contributed by atoms with van der Waals surface area (Å²) in [6.45, 7) is 0. The average molecular weight is 329 g/mol. The molecule has 0 atom stereocenters. The number of esters is 1. The molecular formula is C21H15NO3. The number of carbonyl (C=O) groups excluding carboxylic acids is 1. The Morgan fingerprint density at radius 1 is 0.920 bits per heavy atom. The van der Waals surface area contributed by atoms with Crippen LogP contribution in [0.15, 0.2) is 77.4 Å². The van der Waals surface area contributed by atoms with Crippen molar-refractivity contribution >= 4 is 28.7 Å². The van der Waals surface area contributed by atoms with Crippen LogP contribution in [0.3, 0.4) is 0 Å². The van der Waals surface area contributed by atoms with Gasteiger partial charge >= 0.3 is 5.97 Å². The maximum absolute atomic E-state index is 12.2. The first-order chi connectivity index (χ1) is 12.3. The molecule has 0 fully saturated rings. The summed E-state index contributed by atoms with van der Waals surface area (Å²) in [7, 11) is 1.64. The lowest BCUT2D eigenvalue weighted by atomic mass is 10.0. The summed E-state index contributed by atoms with van der Waals surface area (Å²) in [4.78, 5) is 16.6. The van der Waals surface area contributed by atoms with E-state index in [1.54, 1.807) is 13.2 Å². The Hall–Kier alpha value is -3.40. The Bertz CT molecular complexity index is 1020. The Morgan fingerprint density at radius 3 is 2.40 bits per heavy atom. The molecule has 1 heterocycles. The third kappa shape index (κ3) is 2.78. The van der Waals surface area contributed by atoms with E-state index in [0.717, 1.165) is 27.6 Å². The molecule has 3 aromatic carbocycles. The smallest absolute Gasteiger partial charge is 0.363 e. The van der Waals surface area contributed by atoms with E-state index in [9.17, 15) is 4.79 Å². The summed E-state index contributed by atoms with van der Waals surface area (Å²) in [6.07, 6.45) is 1.75. The van der Waals surface area contributed by atoms with Crippen molar-refractivity contribution in [2.45, 2.75) is 0 Å². The highest BCUT2D eigenvalue weighted by Gasteiger charge is 2.24. The monoisotopic (exact) mass is 329 g/mol. The molecule has 0 spiro atoms. The minimum absolute atomic E-state index is 0.286. The van der Waals surface area contributed by atoms with E-state index in [1.165, 1.54) is 0 Å². The van der Waals surface area contributed by atoms with Crippen LogP contribution in [-0.4, -0.2) is 19.0 Å². The fourth-order valence-corrected chi connectivity index (χ4v) is 2.86. The van der Waals surface area contributed by atoms with E-state index in [-0.39, 0.29) is 5.70 Å². The zero-order chi connectivity index (χ0) is 17.2. The SMILES string of the molecule is COc1ccc(/C=C2/N=C(c3ccccc3)OC2=O)c2ccccc12. The number of fused-ring (bicyclic) bond motifs is 1. The standard InChI is InChI=1S/C21H15NO3/c1-24-19-12-11-15(16-9-5-6-10-17(16)19)13-18-21(23)25-20(22-18)14-7-3-2-4-8-14/h2-13H,1H3/b18-13+. The van der Waals surface area contributed by atoms with Crippen LogP contribution in [-0.2, 0) is 9.53 Å². The molecule has 0 aliphatic carbocycles. The largest absolute Gasteiger partial charge is 0.496 e. The van der Waals surface area contributed by atoms with Gasteiger partial charge in [-0.2, -0.15) is 0 Å². The molecule has 1 aliphatic heterocycles. The molecule has 0 radical (unpaired) electrons. The highest BCUT2D eigenvalue weighted by atomic mass is 16.6. The van der Waals surface area contributed by atoms with Gasteiger partial charge in [-0.15, -0.1) is 0 Å². The zero-order valence-corrected chi connectivity index (χ0v) is 13.6. The molecule has 0 aromatic heterocycles. The number of nitrogens with zero attached hydrogens (tertiary/aromatic N) is 1. The van der Waals surface area contributed by atoms with Gasteiger partial charge < -0.3 is 9.47 Å². The number of hydrogen-bond acceptors (Lipinski definition) is 4. The van der Waals surface area contributed by atoms with Gasteiger partial charge in [-0.1, -0.05) is 48.5 Å². The summed E-state index contributed by atoms with van der Waals surface area (Å²) in [6, 6.07) is 21.1. The van der Waals surface area contributed by atoms with E-state index in [4.69, 9.17) is 9.47 Å². The van der Waals surface area contributed by atoms with Crippen molar-refractivity contribution in [3.05, 3.63) is 83.6 Å². The van der Waals surface area contributed by atoms with Crippen LogP contribution in [0.5, 0.6) is 5.75 Å². The van der Waals surface area contributed by atoms with Gasteiger partial charge in [-0.25, -0.2) is 9.79 Å². The lowest BCUT2D eigenvalue weighted by molar-refractivity contribution is -0.129. The second-order valence-electron chi connectivity index (χ2n) is 5.60. The van der Waals surface area contributed by atoms with Crippen LogP contribution in [0.2, 0.25) is 0 Å². The second-order valence-corrected chi connectivity index (χ2v) is 5.60. The molecule has 0 amide bonds. The lowest BCUT2D eigenvalue weighted by Crippen LogP contribution is -2.04. The number of methoxy groups -OCH3 is 1. The molecule has 0 bridgehead atoms. The predicted molar refractivity (Wildman–Crippen MR) is 97.5 cm³/mol. The van der Waals surface area contributed by atoms with Crippen molar-refractivity contribution in [1.29, 1.82) is 0 Å². The highest BCUT2D eigenvalue weighted by molar-refractivity contribution is 6.13. The number of rotatable bonds is 3. The normalized spacial score (nSPS) is 15.3. The predicted octanol–water partition coefficient (Wildman–Crippen LogP) is 4.19. The molecule has 4 heteroatoms. The van der Waals surface area contributed by atoms with Crippen LogP contribution in [0.25, 0.3) is 16.8 Å². The molecule has 122 valence electrons. The number of benzene rings is 3. The zero-order valence-electron chi connectivity index (χ0n) is 13.6. The first kappa shape index (κ1) is 15.1. The lowest BCUT2D eigenvalue weighted by Gasteiger charge is -2.07. The molecule has 4 nitrogen and oxygen atoms in total. The third-order valence-electron chi connectivity index (χ3n) is 4.07. The average Bonchev–Trinajstić information content (AvgIpc) is 3.03. The maximum Gasteiger partial charge on any atom is 0.363 e. The summed E-state index contributed by atoms with van der Waals surface area (Å²) in [5.41, 5.74) is 1.95. The molecule has 0 saturated heterocycles. The first-order valence-corrected chi connectivity index (χ1v) is 7.90. The topological polar surface area (TPSA) is 47.9 Å². The summed E-state index contributed by atoms with van der Waals surface area (Å²) in [5, 5.41) is 1.98. The van der Waals surface area contributed by atoms with E-state index < -0.39 is 5.97 Å². The van der Waals surface area contributed by atoms with Crippen LogP contribution < -0.4 is 4.74 Å². The summed E-state index contributed by atoms with van der Waals surface area (Å²) >= 11 is 0. The van der Waals surface area contributed by atoms with E-state index in [2.05, 4.69) is 4.99 Å². The molecular weight excluding hydrogens is 314 g/mol. The number of ether oxygens (including phenoxy) is 2. The molecule has 4 rings (SSSR count). The Kier molecular flexibility index (Phi) is 3.78. The van der Waals surface area contributed by atoms with Crippen LogP contribution in [0.1, 0.15) is 11.1 Å². The number of aliphatic imine (C=N–C) groups is 1. The second kappa shape index (κ2) is 6.24. The molecule has 0 N–H and O–H groups in total. The van der Waals surface area contributed by atoms with Gasteiger partial charge in [0, 0.05) is 10.9 Å². The van der Waals surface area contributed by atoms with Gasteiger partial charge in [0.25, 0.3) is 0 Å². The van der Waals surface area contributed by atoms with Crippen molar-refractivity contribution in [3.63, 3.8) is 0 Å². The van der Waals surface area contributed by atoms with Crippen molar-refractivity contribution in [2.75, 3.05) is 7.11 Å². The van der Waals surface area contributed by atoms with Gasteiger partial charge in [0.2, 0.25) is 5.90 Å². The van der Waals surface area contributed by atoms with E-state index in [1.807, 2.05) is 66.7 Å². The Labute approximate surface area is 145 Å². The van der Waals surface area contributed by atoms with Crippen molar-refractivity contribution < 1.29 is 14.3 Å². The molecule has 3 aromatic rings. The Balaban J connectivity index is 1.80. The van der Waals surface area contributed by atoms with Crippen molar-refractivity contribution in [3.8, 4) is 5.75 Å². The maximum atomic E-state index is 12.2. The molecule has 25 heavy (non-hydrogen) atoms. The van der Waals surface area contributed by atoms with Gasteiger partial charge in [-0.05, 0) is 35.2 Å². The molecule has 0 unspecified atom stereocenters. The van der Waals surface area contributed by atoms with Crippen LogP contribution >= 0.6 is 0 Å². The minimum Gasteiger partial charge on any atom is -0.496 e. The number of hydrogen-bond donors (Lipinski definition) is 0. The molecule has 0 saturated carbocycles. The quantitative estimate of drug-likeness (QED) is 0.535. The van der Waals surface area contributed by atoms with E-state index >= 15 is 0 Å².